The van der Waals surface area contributed by atoms with Gasteiger partial charge < -0.3 is 14.8 Å². The SMILES string of the molecule is Cn1cnc2c(-c3cccnc3)nc(C3CCN(Cc4ccccn4)CC3)cc21.O=C(O)C(F)(F)F.O=C(O)C(F)(F)F. The Morgan fingerprint density at radius 3 is 2.07 bits per heavy atom. The lowest BCUT2D eigenvalue weighted by molar-refractivity contribution is -0.193. The highest BCUT2D eigenvalue weighted by Crippen LogP contribution is 2.33. The number of carbonyl (C=O) groups is 2. The molecule has 1 aliphatic heterocycles. The van der Waals surface area contributed by atoms with Gasteiger partial charge in [0.15, 0.2) is 0 Å². The van der Waals surface area contributed by atoms with Gasteiger partial charge in [-0.1, -0.05) is 6.07 Å². The van der Waals surface area contributed by atoms with Crippen molar-refractivity contribution >= 4 is 23.0 Å². The van der Waals surface area contributed by atoms with Crippen LogP contribution in [0.25, 0.3) is 22.3 Å². The van der Waals surface area contributed by atoms with E-state index >= 15 is 0 Å². The van der Waals surface area contributed by atoms with Gasteiger partial charge in [0.2, 0.25) is 0 Å². The van der Waals surface area contributed by atoms with E-state index in [4.69, 9.17) is 24.8 Å². The number of carboxylic acid groups (broad SMARTS) is 2. The van der Waals surface area contributed by atoms with E-state index in [1.807, 2.05) is 37.9 Å². The fourth-order valence-corrected chi connectivity index (χ4v) is 4.17. The van der Waals surface area contributed by atoms with E-state index in [0.29, 0.717) is 5.92 Å². The predicted molar refractivity (Wildman–Crippen MR) is 141 cm³/mol. The van der Waals surface area contributed by atoms with Crippen LogP contribution in [0.15, 0.2) is 61.3 Å². The number of rotatable bonds is 4. The molecule has 10 nitrogen and oxygen atoms in total. The van der Waals surface area contributed by atoms with Crippen molar-refractivity contribution in [3.63, 3.8) is 0 Å². The molecular formula is C27H26F6N6O4. The van der Waals surface area contributed by atoms with Crippen molar-refractivity contribution in [3.05, 3.63) is 72.7 Å². The summed E-state index contributed by atoms with van der Waals surface area (Å²) >= 11 is 0. The maximum atomic E-state index is 10.6. The Bertz CT molecular complexity index is 1480. The fraction of sp³-hybridized carbons (Fsp3) is 0.333. The molecule has 0 atom stereocenters. The molecular weight excluding hydrogens is 586 g/mol. The third-order valence-electron chi connectivity index (χ3n) is 6.27. The van der Waals surface area contributed by atoms with Crippen molar-refractivity contribution in [2.75, 3.05) is 13.1 Å². The van der Waals surface area contributed by atoms with E-state index in [1.54, 1.807) is 6.20 Å². The van der Waals surface area contributed by atoms with Gasteiger partial charge >= 0.3 is 24.3 Å². The first-order chi connectivity index (χ1) is 20.2. The second-order valence-corrected chi connectivity index (χ2v) is 9.34. The molecule has 2 N–H and O–H groups in total. The average molecular weight is 613 g/mol. The molecule has 0 aromatic carbocycles. The average Bonchev–Trinajstić information content (AvgIpc) is 3.34. The van der Waals surface area contributed by atoms with Gasteiger partial charge in [-0.15, -0.1) is 0 Å². The van der Waals surface area contributed by atoms with Crippen LogP contribution < -0.4 is 0 Å². The summed E-state index contributed by atoms with van der Waals surface area (Å²) in [7, 11) is 2.04. The molecule has 5 heterocycles. The summed E-state index contributed by atoms with van der Waals surface area (Å²) in [5.41, 5.74) is 6.33. The van der Waals surface area contributed by atoms with Crippen molar-refractivity contribution in [2.24, 2.45) is 7.05 Å². The number of hydrogen-bond acceptors (Lipinski definition) is 7. The Labute approximate surface area is 240 Å². The van der Waals surface area contributed by atoms with Crippen LogP contribution in [0.2, 0.25) is 0 Å². The van der Waals surface area contributed by atoms with E-state index in [0.717, 1.165) is 66.2 Å². The smallest absolute Gasteiger partial charge is 0.475 e. The summed E-state index contributed by atoms with van der Waals surface area (Å²) in [6.07, 6.45) is -0.554. The number of nitrogens with zero attached hydrogens (tertiary/aromatic N) is 6. The molecule has 0 radical (unpaired) electrons. The zero-order valence-corrected chi connectivity index (χ0v) is 22.5. The summed E-state index contributed by atoms with van der Waals surface area (Å²) in [5.74, 6) is -5.05. The first-order valence-electron chi connectivity index (χ1n) is 12.6. The normalized spacial score (nSPS) is 14.3. The Kier molecular flexibility index (Phi) is 10.7. The largest absolute Gasteiger partial charge is 0.490 e. The lowest BCUT2D eigenvalue weighted by Crippen LogP contribution is -2.33. The van der Waals surface area contributed by atoms with Gasteiger partial charge in [0.1, 0.15) is 5.52 Å². The first kappa shape index (κ1) is 32.9. The summed E-state index contributed by atoms with van der Waals surface area (Å²) in [5, 5.41) is 14.2. The highest BCUT2D eigenvalue weighted by atomic mass is 19.4. The Morgan fingerprint density at radius 1 is 0.930 bits per heavy atom. The van der Waals surface area contributed by atoms with Crippen molar-refractivity contribution in [2.45, 2.75) is 37.7 Å². The van der Waals surface area contributed by atoms with Crippen LogP contribution in [0.4, 0.5) is 26.3 Å². The lowest BCUT2D eigenvalue weighted by Gasteiger charge is -2.31. The molecule has 0 saturated carbocycles. The molecule has 0 bridgehead atoms. The predicted octanol–water partition coefficient (Wildman–Crippen LogP) is 5.07. The van der Waals surface area contributed by atoms with Gasteiger partial charge in [0, 0.05) is 49.4 Å². The highest BCUT2D eigenvalue weighted by Gasteiger charge is 2.38. The molecule has 4 aromatic rings. The van der Waals surface area contributed by atoms with E-state index in [-0.39, 0.29) is 0 Å². The van der Waals surface area contributed by atoms with Crippen LogP contribution in [0.5, 0.6) is 0 Å². The number of imidazole rings is 1. The standard InChI is InChI=1S/C23H24N6.2C2HF3O2/c1-28-16-26-23-21(28)13-20(27-22(23)18-5-4-9-24-14-18)17-7-11-29(12-8-17)15-19-6-2-3-10-25-19;2*3-2(4,5)1(6)7/h2-6,9-10,13-14,16-17H,7-8,11-12,15H2,1H3;2*(H,6,7). The molecule has 43 heavy (non-hydrogen) atoms. The molecule has 5 rings (SSSR count). The minimum Gasteiger partial charge on any atom is -0.475 e. The molecule has 0 amide bonds. The number of aliphatic carboxylic acids is 2. The van der Waals surface area contributed by atoms with Crippen LogP contribution in [-0.2, 0) is 23.2 Å². The molecule has 230 valence electrons. The molecule has 4 aromatic heterocycles. The molecule has 0 unspecified atom stereocenters. The van der Waals surface area contributed by atoms with E-state index in [1.165, 1.54) is 0 Å². The van der Waals surface area contributed by atoms with Gasteiger partial charge in [-0.2, -0.15) is 26.3 Å². The molecule has 1 aliphatic rings. The number of likely N-dealkylation sites (tertiary alicyclic amines) is 1. The lowest BCUT2D eigenvalue weighted by atomic mass is 9.92. The molecule has 0 spiro atoms. The van der Waals surface area contributed by atoms with Gasteiger partial charge in [0.05, 0.1) is 23.2 Å². The Balaban J connectivity index is 0.000000303. The monoisotopic (exact) mass is 612 g/mol. The third kappa shape index (κ3) is 9.46. The topological polar surface area (TPSA) is 134 Å². The quantitative estimate of drug-likeness (QED) is 0.303. The number of carboxylic acids is 2. The second kappa shape index (κ2) is 14.0. The fourth-order valence-electron chi connectivity index (χ4n) is 4.17. The second-order valence-electron chi connectivity index (χ2n) is 9.34. The Morgan fingerprint density at radius 2 is 1.56 bits per heavy atom. The minimum absolute atomic E-state index is 0.463. The number of pyridine rings is 3. The number of aryl methyl sites for hydroxylation is 1. The van der Waals surface area contributed by atoms with Gasteiger partial charge in [-0.05, 0) is 56.3 Å². The summed E-state index contributed by atoms with van der Waals surface area (Å²) in [4.78, 5) is 38.7. The summed E-state index contributed by atoms with van der Waals surface area (Å²) in [6, 6.07) is 12.4. The number of fused-ring (bicyclic) bond motifs is 1. The maximum absolute atomic E-state index is 10.6. The molecule has 16 heteroatoms. The summed E-state index contributed by atoms with van der Waals surface area (Å²) in [6.45, 7) is 3.05. The van der Waals surface area contributed by atoms with E-state index in [9.17, 15) is 26.3 Å². The number of aromatic nitrogens is 5. The van der Waals surface area contributed by atoms with Gasteiger partial charge in [-0.3, -0.25) is 19.9 Å². The highest BCUT2D eigenvalue weighted by molar-refractivity contribution is 5.89. The van der Waals surface area contributed by atoms with Crippen LogP contribution in [0, 0.1) is 0 Å². The van der Waals surface area contributed by atoms with E-state index < -0.39 is 24.3 Å². The van der Waals surface area contributed by atoms with Crippen LogP contribution in [0.3, 0.4) is 0 Å². The van der Waals surface area contributed by atoms with Crippen LogP contribution >= 0.6 is 0 Å². The summed E-state index contributed by atoms with van der Waals surface area (Å²) < 4.78 is 65.6. The third-order valence-corrected chi connectivity index (χ3v) is 6.27. The van der Waals surface area contributed by atoms with Gasteiger partial charge in [0.25, 0.3) is 0 Å². The van der Waals surface area contributed by atoms with Crippen LogP contribution in [0.1, 0.15) is 30.1 Å². The molecule has 1 fully saturated rings. The number of alkyl halides is 6. The van der Waals surface area contributed by atoms with Crippen molar-refractivity contribution in [1.29, 1.82) is 0 Å². The molecule has 1 saturated heterocycles. The number of halogens is 6. The maximum Gasteiger partial charge on any atom is 0.490 e. The van der Waals surface area contributed by atoms with Crippen LogP contribution in [-0.4, -0.2) is 77.0 Å². The van der Waals surface area contributed by atoms with E-state index in [2.05, 4.69) is 48.7 Å². The zero-order valence-electron chi connectivity index (χ0n) is 22.5. The first-order valence-corrected chi connectivity index (χ1v) is 12.6. The number of piperidine rings is 1. The van der Waals surface area contributed by atoms with Crippen molar-refractivity contribution < 1.29 is 46.1 Å². The Hall–Kier alpha value is -4.60. The molecule has 0 aliphatic carbocycles. The van der Waals surface area contributed by atoms with Crippen molar-refractivity contribution in [1.82, 2.24) is 29.4 Å². The van der Waals surface area contributed by atoms with Gasteiger partial charge in [-0.25, -0.2) is 14.6 Å². The number of hydrogen-bond donors (Lipinski definition) is 2. The van der Waals surface area contributed by atoms with Crippen molar-refractivity contribution in [3.8, 4) is 11.3 Å². The zero-order chi connectivity index (χ0) is 31.8. The minimum atomic E-state index is -5.08.